The normalized spacial score (nSPS) is 10.4. The van der Waals surface area contributed by atoms with Crippen LogP contribution in [-0.2, 0) is 9.59 Å². The number of rotatable bonds is 32. The zero-order chi connectivity index (χ0) is 32.5. The van der Waals surface area contributed by atoms with Gasteiger partial charge in [0, 0.05) is 12.8 Å². The Hall–Kier alpha value is -1.52. The predicted octanol–water partition coefficient (Wildman–Crippen LogP) is 12.8. The number of hydrogen-bond donors (Lipinski definition) is 3. The molecule has 5 heteroatoms. The number of carboxylic acid groups (broad SMARTS) is 2. The first-order valence-electron chi connectivity index (χ1n) is 18.7. The van der Waals surface area contributed by atoms with Gasteiger partial charge >= 0.3 is 11.9 Å². The Labute approximate surface area is 269 Å². The van der Waals surface area contributed by atoms with Crippen molar-refractivity contribution in [3.63, 3.8) is 0 Å². The summed E-state index contributed by atoms with van der Waals surface area (Å²) in [6, 6.07) is 0. The van der Waals surface area contributed by atoms with Crippen LogP contribution in [0.2, 0.25) is 0 Å². The molecule has 0 aromatic heterocycles. The summed E-state index contributed by atoms with van der Waals surface area (Å²) in [5.74, 6) is -1.31. The van der Waals surface area contributed by atoms with E-state index in [1.54, 1.807) is 0 Å². The molecule has 0 radical (unpaired) electrons. The highest BCUT2D eigenvalue weighted by Gasteiger charge is 1.98. The summed E-state index contributed by atoms with van der Waals surface area (Å²) in [7, 11) is 0. The molecule has 0 spiro atoms. The Bertz CT molecular complexity index is 494. The molecule has 4 N–H and O–H groups in total. The van der Waals surface area contributed by atoms with E-state index in [-0.39, 0.29) is 0 Å². The second kappa shape index (κ2) is 44.9. The summed E-state index contributed by atoms with van der Waals surface area (Å²) in [4.78, 5) is 20.7. The van der Waals surface area contributed by atoms with Crippen LogP contribution in [0, 0.1) is 0 Å². The van der Waals surface area contributed by atoms with Gasteiger partial charge in [0.1, 0.15) is 0 Å². The topological polar surface area (TPSA) is 101 Å². The molecule has 0 saturated carbocycles. The lowest BCUT2D eigenvalue weighted by Gasteiger charge is -2.03. The average Bonchev–Trinajstić information content (AvgIpc) is 2.97. The second-order valence-corrected chi connectivity index (χ2v) is 12.4. The fourth-order valence-corrected chi connectivity index (χ4v) is 5.30. The molecule has 0 aliphatic carbocycles. The summed E-state index contributed by atoms with van der Waals surface area (Å²) in [6.45, 7) is 7.68. The highest BCUT2D eigenvalue weighted by Crippen LogP contribution is 2.15. The zero-order valence-electron chi connectivity index (χ0n) is 29.2. The summed E-state index contributed by atoms with van der Waals surface area (Å²) in [6.07, 6.45) is 41.6. The Morgan fingerprint density at radius 3 is 0.698 bits per heavy atom. The van der Waals surface area contributed by atoms with Gasteiger partial charge in [-0.25, -0.2) is 0 Å². The van der Waals surface area contributed by atoms with Crippen molar-refractivity contribution in [2.75, 3.05) is 0 Å². The first-order valence-corrected chi connectivity index (χ1v) is 18.7. The van der Waals surface area contributed by atoms with Crippen LogP contribution in [0.25, 0.3) is 0 Å². The largest absolute Gasteiger partial charge is 0.481 e. The molecule has 0 heterocycles. The number of nitrogens with two attached hydrogens (primary N) is 1. The van der Waals surface area contributed by atoms with E-state index in [4.69, 9.17) is 10.2 Å². The van der Waals surface area contributed by atoms with Gasteiger partial charge in [0.05, 0.1) is 0 Å². The fourth-order valence-electron chi connectivity index (χ4n) is 5.30. The third-order valence-electron chi connectivity index (χ3n) is 7.99. The third kappa shape index (κ3) is 56.8. The smallest absolute Gasteiger partial charge is 0.303 e. The van der Waals surface area contributed by atoms with E-state index >= 15 is 0 Å². The molecule has 5 nitrogen and oxygen atoms in total. The SMILES string of the molecule is C=CN.CCCCCCCCCCCCCCCCCC(=O)O.CCCCCCCCCCCCCCCCCC(=O)O. The zero-order valence-corrected chi connectivity index (χ0v) is 29.2. The number of carboxylic acids is 2. The maximum atomic E-state index is 10.3. The van der Waals surface area contributed by atoms with Crippen LogP contribution in [0.4, 0.5) is 0 Å². The van der Waals surface area contributed by atoms with E-state index < -0.39 is 11.9 Å². The van der Waals surface area contributed by atoms with Crippen molar-refractivity contribution >= 4 is 11.9 Å². The van der Waals surface area contributed by atoms with Gasteiger partial charge in [-0.2, -0.15) is 0 Å². The number of aliphatic carboxylic acids is 2. The molecule has 0 amide bonds. The van der Waals surface area contributed by atoms with Crippen LogP contribution in [-0.4, -0.2) is 22.2 Å². The van der Waals surface area contributed by atoms with Crippen LogP contribution in [0.3, 0.4) is 0 Å². The van der Waals surface area contributed by atoms with Crippen molar-refractivity contribution in [3.8, 4) is 0 Å². The lowest BCUT2D eigenvalue weighted by Crippen LogP contribution is -1.93. The Morgan fingerprint density at radius 1 is 0.419 bits per heavy atom. The van der Waals surface area contributed by atoms with Gasteiger partial charge in [-0.1, -0.05) is 200 Å². The summed E-state index contributed by atoms with van der Waals surface area (Å²) in [5.41, 5.74) is 4.61. The van der Waals surface area contributed by atoms with Crippen molar-refractivity contribution in [2.24, 2.45) is 5.73 Å². The first-order chi connectivity index (χ1) is 21.0. The van der Waals surface area contributed by atoms with E-state index in [2.05, 4.69) is 26.2 Å². The Morgan fingerprint density at radius 2 is 0.558 bits per heavy atom. The molecule has 43 heavy (non-hydrogen) atoms. The van der Waals surface area contributed by atoms with E-state index in [9.17, 15) is 9.59 Å². The minimum absolute atomic E-state index is 0.345. The third-order valence-corrected chi connectivity index (χ3v) is 7.99. The molecule has 0 fully saturated rings. The van der Waals surface area contributed by atoms with Gasteiger partial charge in [-0.05, 0) is 19.0 Å². The van der Waals surface area contributed by atoms with Crippen LogP contribution in [0.5, 0.6) is 0 Å². The predicted molar refractivity (Wildman–Crippen MR) is 189 cm³/mol. The standard InChI is InChI=1S/2C18H36O2.C2H5N/c2*1-2-3-4-5-6-7-8-9-10-11-12-13-14-15-16-17-18(19)20;1-2-3/h2*2-17H2,1H3,(H,19,20);2H,1,3H2. The van der Waals surface area contributed by atoms with Crippen LogP contribution < -0.4 is 5.73 Å². The van der Waals surface area contributed by atoms with Gasteiger partial charge in [-0.3, -0.25) is 9.59 Å². The minimum Gasteiger partial charge on any atom is -0.481 e. The Balaban J connectivity index is -0.000000681. The van der Waals surface area contributed by atoms with Crippen molar-refractivity contribution in [1.82, 2.24) is 0 Å². The molecule has 0 rings (SSSR count). The van der Waals surface area contributed by atoms with Crippen LogP contribution in [0.15, 0.2) is 12.8 Å². The average molecular weight is 612 g/mol. The summed E-state index contributed by atoms with van der Waals surface area (Å²) >= 11 is 0. The van der Waals surface area contributed by atoms with Gasteiger partial charge in [-0.15, -0.1) is 0 Å². The Kier molecular flexibility index (Phi) is 47.9. The molecule has 0 atom stereocenters. The molecule has 0 unspecified atom stereocenters. The maximum Gasteiger partial charge on any atom is 0.303 e. The van der Waals surface area contributed by atoms with Gasteiger partial charge in [0.15, 0.2) is 0 Å². The second-order valence-electron chi connectivity index (χ2n) is 12.4. The molecule has 0 aliphatic heterocycles. The highest BCUT2D eigenvalue weighted by atomic mass is 16.4. The molecule has 0 aliphatic rings. The number of carbonyl (C=O) groups is 2. The summed E-state index contributed by atoms with van der Waals surface area (Å²) < 4.78 is 0. The van der Waals surface area contributed by atoms with E-state index in [0.29, 0.717) is 12.8 Å². The van der Waals surface area contributed by atoms with Crippen molar-refractivity contribution < 1.29 is 19.8 Å². The van der Waals surface area contributed by atoms with E-state index in [1.165, 1.54) is 173 Å². The lowest BCUT2D eigenvalue weighted by molar-refractivity contribution is -0.138. The van der Waals surface area contributed by atoms with Crippen molar-refractivity contribution in [2.45, 2.75) is 219 Å². The molecule has 0 aromatic rings. The monoisotopic (exact) mass is 612 g/mol. The van der Waals surface area contributed by atoms with E-state index in [0.717, 1.165) is 25.7 Å². The maximum absolute atomic E-state index is 10.3. The number of hydrogen-bond acceptors (Lipinski definition) is 3. The first kappa shape index (κ1) is 45.9. The lowest BCUT2D eigenvalue weighted by atomic mass is 10.0. The molecule has 0 saturated heterocycles. The van der Waals surface area contributed by atoms with Crippen LogP contribution in [0.1, 0.15) is 219 Å². The molecule has 0 aromatic carbocycles. The molecule has 258 valence electrons. The fraction of sp³-hybridized carbons (Fsp3) is 0.895. The highest BCUT2D eigenvalue weighted by molar-refractivity contribution is 5.66. The van der Waals surface area contributed by atoms with Crippen molar-refractivity contribution in [3.05, 3.63) is 12.8 Å². The van der Waals surface area contributed by atoms with Crippen LogP contribution >= 0.6 is 0 Å². The molecular formula is C38H77NO4. The minimum atomic E-state index is -0.653. The van der Waals surface area contributed by atoms with Crippen molar-refractivity contribution in [1.29, 1.82) is 0 Å². The van der Waals surface area contributed by atoms with Gasteiger partial charge in [0.25, 0.3) is 0 Å². The number of unbranched alkanes of at least 4 members (excludes halogenated alkanes) is 28. The van der Waals surface area contributed by atoms with Gasteiger partial charge < -0.3 is 15.9 Å². The quantitative estimate of drug-likeness (QED) is 0.0657. The molecule has 0 bridgehead atoms. The summed E-state index contributed by atoms with van der Waals surface area (Å²) in [5, 5.41) is 17.0. The van der Waals surface area contributed by atoms with Gasteiger partial charge in [0.2, 0.25) is 0 Å². The molecular weight excluding hydrogens is 534 g/mol. The van der Waals surface area contributed by atoms with E-state index in [1.807, 2.05) is 0 Å².